The molecule has 0 fully saturated rings. The van der Waals surface area contributed by atoms with Crippen molar-refractivity contribution in [3.8, 4) is 0 Å². The monoisotopic (exact) mass is 176 g/mol. The Balaban J connectivity index is 3.43. The lowest BCUT2D eigenvalue weighted by Gasteiger charge is -2.11. The van der Waals surface area contributed by atoms with Crippen LogP contribution in [0, 0.1) is 0 Å². The maximum Gasteiger partial charge on any atom is 0.250 e. The maximum atomic E-state index is 12.3. The van der Waals surface area contributed by atoms with Gasteiger partial charge in [0.1, 0.15) is 0 Å². The van der Waals surface area contributed by atoms with Gasteiger partial charge in [-0.2, -0.15) is 0 Å². The molecule has 0 aromatic heterocycles. The lowest BCUT2D eigenvalue weighted by atomic mass is 10.2. The summed E-state index contributed by atoms with van der Waals surface area (Å²) in [4.78, 5) is 0. The zero-order chi connectivity index (χ0) is 7.33. The Hall–Kier alpha value is 0.440. The second kappa shape index (κ2) is 4.29. The topological polar surface area (TPSA) is 0 Å². The standard InChI is InChI=1S/C5H8Cl2F2/c6-3-1-5(8,9)2-4-7/h1-4H2. The number of alkyl halides is 4. The fraction of sp³-hybridized carbons (Fsp3) is 1.00. The third-order valence-corrected chi connectivity index (χ3v) is 1.30. The molecule has 0 saturated carbocycles. The van der Waals surface area contributed by atoms with Crippen molar-refractivity contribution in [2.24, 2.45) is 0 Å². The Labute approximate surface area is 63.1 Å². The van der Waals surface area contributed by atoms with E-state index in [1.165, 1.54) is 0 Å². The minimum Gasteiger partial charge on any atom is -0.207 e. The number of halogens is 4. The van der Waals surface area contributed by atoms with Gasteiger partial charge in [-0.15, -0.1) is 23.2 Å². The second-order valence-corrected chi connectivity index (χ2v) is 2.49. The molecule has 0 atom stereocenters. The fourth-order valence-corrected chi connectivity index (χ4v) is 0.954. The maximum absolute atomic E-state index is 12.3. The molecule has 0 aliphatic rings. The first-order valence-electron chi connectivity index (χ1n) is 2.62. The van der Waals surface area contributed by atoms with Crippen molar-refractivity contribution in [1.82, 2.24) is 0 Å². The molecule has 0 bridgehead atoms. The van der Waals surface area contributed by atoms with Crippen molar-refractivity contribution in [3.05, 3.63) is 0 Å². The zero-order valence-electron chi connectivity index (χ0n) is 4.84. The average molecular weight is 177 g/mol. The number of rotatable bonds is 4. The molecule has 0 saturated heterocycles. The normalized spacial score (nSPS) is 12.0. The quantitative estimate of drug-likeness (QED) is 0.579. The first-order valence-corrected chi connectivity index (χ1v) is 3.69. The van der Waals surface area contributed by atoms with Crippen molar-refractivity contribution in [2.45, 2.75) is 18.8 Å². The van der Waals surface area contributed by atoms with E-state index in [1.54, 1.807) is 0 Å². The molecule has 9 heavy (non-hydrogen) atoms. The van der Waals surface area contributed by atoms with Crippen LogP contribution < -0.4 is 0 Å². The van der Waals surface area contributed by atoms with E-state index in [0.29, 0.717) is 0 Å². The molecular formula is C5H8Cl2F2. The minimum absolute atomic E-state index is 0.0100. The summed E-state index contributed by atoms with van der Waals surface area (Å²) in [6.45, 7) is 0. The zero-order valence-corrected chi connectivity index (χ0v) is 6.35. The van der Waals surface area contributed by atoms with E-state index in [4.69, 9.17) is 23.2 Å². The van der Waals surface area contributed by atoms with Gasteiger partial charge < -0.3 is 0 Å². The fourth-order valence-electron chi connectivity index (χ4n) is 0.401. The van der Waals surface area contributed by atoms with Crippen molar-refractivity contribution in [2.75, 3.05) is 11.8 Å². The molecule has 0 unspecified atom stereocenters. The summed E-state index contributed by atoms with van der Waals surface area (Å²) in [5, 5.41) is 0. The third-order valence-electron chi connectivity index (χ3n) is 0.921. The van der Waals surface area contributed by atoms with Gasteiger partial charge in [0, 0.05) is 24.6 Å². The van der Waals surface area contributed by atoms with Crippen LogP contribution in [0.1, 0.15) is 12.8 Å². The van der Waals surface area contributed by atoms with Gasteiger partial charge in [-0.1, -0.05) is 0 Å². The lowest BCUT2D eigenvalue weighted by Crippen LogP contribution is -2.16. The van der Waals surface area contributed by atoms with Crippen LogP contribution in [-0.4, -0.2) is 17.7 Å². The van der Waals surface area contributed by atoms with E-state index < -0.39 is 5.92 Å². The van der Waals surface area contributed by atoms with Crippen LogP contribution in [-0.2, 0) is 0 Å². The van der Waals surface area contributed by atoms with E-state index in [1.807, 2.05) is 0 Å². The predicted molar refractivity (Wildman–Crippen MR) is 35.6 cm³/mol. The lowest BCUT2D eigenvalue weighted by molar-refractivity contribution is -0.00465. The van der Waals surface area contributed by atoms with Gasteiger partial charge in [-0.3, -0.25) is 0 Å². The van der Waals surface area contributed by atoms with Gasteiger partial charge in [-0.05, 0) is 0 Å². The van der Waals surface area contributed by atoms with E-state index >= 15 is 0 Å². The molecule has 0 spiro atoms. The molecule has 0 aromatic rings. The van der Waals surface area contributed by atoms with Crippen LogP contribution in [0.5, 0.6) is 0 Å². The van der Waals surface area contributed by atoms with Crippen molar-refractivity contribution >= 4 is 23.2 Å². The Morgan fingerprint density at radius 3 is 1.56 bits per heavy atom. The van der Waals surface area contributed by atoms with E-state index in [2.05, 4.69) is 0 Å². The van der Waals surface area contributed by atoms with Crippen molar-refractivity contribution < 1.29 is 8.78 Å². The average Bonchev–Trinajstić information content (AvgIpc) is 1.64. The largest absolute Gasteiger partial charge is 0.250 e. The van der Waals surface area contributed by atoms with E-state index in [-0.39, 0.29) is 24.6 Å². The van der Waals surface area contributed by atoms with Gasteiger partial charge >= 0.3 is 0 Å². The summed E-state index contributed by atoms with van der Waals surface area (Å²) in [7, 11) is 0. The third kappa shape index (κ3) is 4.91. The Morgan fingerprint density at radius 1 is 1.00 bits per heavy atom. The van der Waals surface area contributed by atoms with E-state index in [0.717, 1.165) is 0 Å². The first kappa shape index (κ1) is 9.44. The molecule has 4 heteroatoms. The van der Waals surface area contributed by atoms with Crippen LogP contribution in [0.15, 0.2) is 0 Å². The Kier molecular flexibility index (Phi) is 4.50. The molecule has 0 rings (SSSR count). The number of hydrogen-bond donors (Lipinski definition) is 0. The van der Waals surface area contributed by atoms with Crippen LogP contribution in [0.4, 0.5) is 8.78 Å². The molecule has 56 valence electrons. The molecule has 0 nitrogen and oxygen atoms in total. The highest BCUT2D eigenvalue weighted by Gasteiger charge is 2.26. The first-order chi connectivity index (χ1) is 4.12. The predicted octanol–water partition coefficient (Wildman–Crippen LogP) is 2.88. The minimum atomic E-state index is -2.66. The summed E-state index contributed by atoms with van der Waals surface area (Å²) >= 11 is 10.2. The van der Waals surface area contributed by atoms with Gasteiger partial charge in [0.15, 0.2) is 0 Å². The molecule has 0 N–H and O–H groups in total. The molecular weight excluding hydrogens is 169 g/mol. The van der Waals surface area contributed by atoms with Gasteiger partial charge in [0.05, 0.1) is 0 Å². The van der Waals surface area contributed by atoms with Crippen LogP contribution in [0.2, 0.25) is 0 Å². The molecule has 0 radical (unpaired) electrons. The summed E-state index contributed by atoms with van der Waals surface area (Å²) < 4.78 is 24.5. The summed E-state index contributed by atoms with van der Waals surface area (Å²) in [5.41, 5.74) is 0. The van der Waals surface area contributed by atoms with Crippen LogP contribution in [0.3, 0.4) is 0 Å². The summed E-state index contributed by atoms with van der Waals surface area (Å²) in [6.07, 6.45) is -0.553. The highest BCUT2D eigenvalue weighted by atomic mass is 35.5. The molecule has 0 aliphatic heterocycles. The van der Waals surface area contributed by atoms with Crippen LogP contribution >= 0.6 is 23.2 Å². The highest BCUT2D eigenvalue weighted by Crippen LogP contribution is 2.23. The smallest absolute Gasteiger partial charge is 0.207 e. The van der Waals surface area contributed by atoms with Crippen LogP contribution in [0.25, 0.3) is 0 Å². The molecule has 0 amide bonds. The number of hydrogen-bond acceptors (Lipinski definition) is 0. The SMILES string of the molecule is FC(F)(CCCl)CCCl. The van der Waals surface area contributed by atoms with Crippen molar-refractivity contribution in [1.29, 1.82) is 0 Å². The summed E-state index contributed by atoms with van der Waals surface area (Å²) in [6, 6.07) is 0. The van der Waals surface area contributed by atoms with Gasteiger partial charge in [0.2, 0.25) is 5.92 Å². The van der Waals surface area contributed by atoms with E-state index in [9.17, 15) is 8.78 Å². The van der Waals surface area contributed by atoms with Gasteiger partial charge in [-0.25, -0.2) is 8.78 Å². The molecule has 0 aliphatic carbocycles. The molecule has 0 heterocycles. The second-order valence-electron chi connectivity index (χ2n) is 1.73. The highest BCUT2D eigenvalue weighted by molar-refractivity contribution is 6.18. The molecule has 0 aromatic carbocycles. The summed E-state index contributed by atoms with van der Waals surface area (Å²) in [5.74, 6) is -2.68. The Morgan fingerprint density at radius 2 is 1.33 bits per heavy atom. The van der Waals surface area contributed by atoms with Crippen molar-refractivity contribution in [3.63, 3.8) is 0 Å². The Bertz CT molecular complexity index is 67.4. The van der Waals surface area contributed by atoms with Gasteiger partial charge in [0.25, 0.3) is 0 Å².